The van der Waals surface area contributed by atoms with Crippen molar-refractivity contribution < 1.29 is 0 Å². The van der Waals surface area contributed by atoms with Gasteiger partial charge in [-0.2, -0.15) is 0 Å². The molecule has 0 saturated carbocycles. The lowest BCUT2D eigenvalue weighted by Crippen LogP contribution is -1.97. The summed E-state index contributed by atoms with van der Waals surface area (Å²) in [5, 5.41) is 0. The smallest absolute Gasteiger partial charge is 0.0269 e. The van der Waals surface area contributed by atoms with Crippen LogP contribution in [-0.4, -0.2) is 20.3 Å². The van der Waals surface area contributed by atoms with Crippen molar-refractivity contribution in [2.24, 2.45) is 16.6 Å². The van der Waals surface area contributed by atoms with E-state index in [1.807, 2.05) is 26.8 Å². The van der Waals surface area contributed by atoms with Crippen molar-refractivity contribution in [3.8, 4) is 0 Å². The Morgan fingerprint density at radius 1 is 0.837 bits per heavy atom. The molecule has 2 nitrogen and oxygen atoms in total. The van der Waals surface area contributed by atoms with Gasteiger partial charge in [0.05, 0.1) is 0 Å². The van der Waals surface area contributed by atoms with E-state index in [1.165, 1.54) is 33.4 Å². The van der Waals surface area contributed by atoms with Crippen LogP contribution in [-0.2, 0) is 12.8 Å². The maximum atomic E-state index is 5.07. The second-order valence-corrected chi connectivity index (χ2v) is 10.7. The average Bonchev–Trinajstić information content (AvgIpc) is 2.98. The lowest BCUT2D eigenvalue weighted by molar-refractivity contribution is 0.825. The third-order valence-corrected chi connectivity index (χ3v) is 5.53. The molecule has 0 radical (unpaired) electrons. The monoisotopic (exact) mass is 589 g/mol. The minimum absolute atomic E-state index is 0.590. The Morgan fingerprint density at radius 3 is 1.63 bits per heavy atom. The zero-order valence-electron chi connectivity index (χ0n) is 30.3. The largest absolute Gasteiger partial charge is 0.327 e. The van der Waals surface area contributed by atoms with E-state index in [-0.39, 0.29) is 0 Å². The third-order valence-electron chi connectivity index (χ3n) is 5.53. The summed E-state index contributed by atoms with van der Waals surface area (Å²) in [7, 11) is 1.64. The van der Waals surface area contributed by atoms with Crippen LogP contribution in [0.3, 0.4) is 0 Å². The average molecular weight is 589 g/mol. The van der Waals surface area contributed by atoms with Crippen molar-refractivity contribution in [2.45, 2.75) is 102 Å². The molecule has 0 aliphatic heterocycles. The highest BCUT2D eigenvalue weighted by Crippen LogP contribution is 2.15. The van der Waals surface area contributed by atoms with Crippen LogP contribution in [0.2, 0.25) is 0 Å². The van der Waals surface area contributed by atoms with Gasteiger partial charge in [0.2, 0.25) is 0 Å². The van der Waals surface area contributed by atoms with Crippen molar-refractivity contribution in [3.05, 3.63) is 131 Å². The van der Waals surface area contributed by atoms with Gasteiger partial charge in [0.15, 0.2) is 0 Å². The minimum Gasteiger partial charge on any atom is -0.327 e. The van der Waals surface area contributed by atoms with E-state index in [0.29, 0.717) is 12.5 Å². The fraction of sp³-hybridized carbons (Fsp3) is 0.439. The van der Waals surface area contributed by atoms with Gasteiger partial charge in [-0.05, 0) is 89.6 Å². The highest BCUT2D eigenvalue weighted by atomic mass is 14.6. The van der Waals surface area contributed by atoms with Crippen molar-refractivity contribution >= 4 is 6.72 Å². The molecule has 0 amide bonds. The molecule has 2 aromatic rings. The van der Waals surface area contributed by atoms with Crippen LogP contribution in [0.5, 0.6) is 0 Å². The molecule has 2 N–H and O–H groups in total. The van der Waals surface area contributed by atoms with E-state index in [1.54, 1.807) is 7.05 Å². The zero-order valence-corrected chi connectivity index (χ0v) is 30.3. The second-order valence-electron chi connectivity index (χ2n) is 10.7. The summed E-state index contributed by atoms with van der Waals surface area (Å²) in [6.45, 7) is 38.2. The topological polar surface area (TPSA) is 38.4 Å². The molecule has 0 bridgehead atoms. The quantitative estimate of drug-likeness (QED) is 0.177. The number of hydrogen-bond acceptors (Lipinski definition) is 2. The van der Waals surface area contributed by atoms with Gasteiger partial charge in [-0.1, -0.05) is 149 Å². The van der Waals surface area contributed by atoms with Gasteiger partial charge in [0.25, 0.3) is 0 Å². The van der Waals surface area contributed by atoms with Crippen molar-refractivity contribution in [1.29, 1.82) is 0 Å². The number of rotatable bonds is 9. The van der Waals surface area contributed by atoms with Crippen LogP contribution in [0.4, 0.5) is 0 Å². The predicted octanol–water partition coefficient (Wildman–Crippen LogP) is 12.1. The molecule has 242 valence electrons. The first-order chi connectivity index (χ1) is 20.3. The predicted molar refractivity (Wildman–Crippen MR) is 203 cm³/mol. The van der Waals surface area contributed by atoms with Gasteiger partial charge in [-0.25, -0.2) is 0 Å². The molecule has 2 rings (SSSR count). The van der Waals surface area contributed by atoms with Gasteiger partial charge in [0, 0.05) is 13.6 Å². The molecule has 0 aromatic heterocycles. The Bertz CT molecular complexity index is 1020. The Morgan fingerprint density at radius 2 is 1.30 bits per heavy atom. The highest BCUT2D eigenvalue weighted by Gasteiger charge is 1.97. The van der Waals surface area contributed by atoms with Gasteiger partial charge in [0.1, 0.15) is 0 Å². The van der Waals surface area contributed by atoms with E-state index in [4.69, 9.17) is 5.73 Å². The summed E-state index contributed by atoms with van der Waals surface area (Å²) >= 11 is 0. The number of hydrogen-bond donors (Lipinski definition) is 1. The first-order valence-corrected chi connectivity index (χ1v) is 15.8. The van der Waals surface area contributed by atoms with Crippen LogP contribution < -0.4 is 5.73 Å². The number of aryl methyl sites for hydroxylation is 3. The summed E-state index contributed by atoms with van der Waals surface area (Å²) in [6, 6.07) is 19.2. The zero-order chi connectivity index (χ0) is 34.2. The molecule has 0 aliphatic carbocycles. The molecule has 2 heteroatoms. The molecule has 0 atom stereocenters. The molecule has 0 aliphatic rings. The highest BCUT2D eigenvalue weighted by molar-refractivity contribution is 5.38. The Hall–Kier alpha value is -3.23. The number of nitrogens with zero attached hydrogens (tertiary/aromatic N) is 1. The SMILES string of the molecule is C=C(C)C(/C=C(\C)CC)=C/C(C)C.C=C(C)CCc1ccccc1.C=C(C)CN.C=NC.CC.CCc1ccc(C)cc1. The van der Waals surface area contributed by atoms with Gasteiger partial charge in [-0.3, -0.25) is 0 Å². The molecule has 0 saturated heterocycles. The lowest BCUT2D eigenvalue weighted by Gasteiger charge is -2.05. The Kier molecular flexibility index (Phi) is 36.2. The van der Waals surface area contributed by atoms with Crippen LogP contribution in [0, 0.1) is 12.8 Å². The fourth-order valence-electron chi connectivity index (χ4n) is 2.87. The molecule has 0 heterocycles. The number of benzene rings is 2. The summed E-state index contributed by atoms with van der Waals surface area (Å²) in [5.74, 6) is 0.590. The fourth-order valence-corrected chi connectivity index (χ4v) is 2.87. The summed E-state index contributed by atoms with van der Waals surface area (Å²) in [5.41, 5.74) is 15.4. The van der Waals surface area contributed by atoms with Crippen molar-refractivity contribution in [3.63, 3.8) is 0 Å². The molecular weight excluding hydrogens is 520 g/mol. The Balaban J connectivity index is -0.000000232. The van der Waals surface area contributed by atoms with E-state index < -0.39 is 0 Å². The Labute approximate surface area is 269 Å². The molecule has 0 spiro atoms. The second kappa shape index (κ2) is 33.3. The van der Waals surface area contributed by atoms with E-state index in [0.717, 1.165) is 36.8 Å². The van der Waals surface area contributed by atoms with E-state index >= 15 is 0 Å². The van der Waals surface area contributed by atoms with Gasteiger partial charge in [-0.15, -0.1) is 6.58 Å². The number of nitrogens with two attached hydrogens (primary N) is 1. The first kappa shape index (κ1) is 46.7. The molecule has 2 aromatic carbocycles. The lowest BCUT2D eigenvalue weighted by atomic mass is 10.0. The number of aliphatic imine (C=N–C) groups is 1. The maximum Gasteiger partial charge on any atom is 0.0269 e. The van der Waals surface area contributed by atoms with E-state index in [2.05, 4.69) is 148 Å². The van der Waals surface area contributed by atoms with E-state index in [9.17, 15) is 0 Å². The minimum atomic E-state index is 0.590. The van der Waals surface area contributed by atoms with Crippen LogP contribution >= 0.6 is 0 Å². The number of allylic oxidation sites excluding steroid dienone is 6. The maximum absolute atomic E-state index is 5.07. The van der Waals surface area contributed by atoms with Crippen LogP contribution in [0.15, 0.2) is 119 Å². The first-order valence-electron chi connectivity index (χ1n) is 15.8. The normalized spacial score (nSPS) is 9.91. The third kappa shape index (κ3) is 36.7. The van der Waals surface area contributed by atoms with Crippen molar-refractivity contribution in [2.75, 3.05) is 13.6 Å². The van der Waals surface area contributed by atoms with Gasteiger partial charge >= 0.3 is 0 Å². The molecular formula is C41H68N2. The summed E-state index contributed by atoms with van der Waals surface area (Å²) < 4.78 is 0. The van der Waals surface area contributed by atoms with Crippen molar-refractivity contribution in [1.82, 2.24) is 0 Å². The molecule has 0 fully saturated rings. The summed E-state index contributed by atoms with van der Waals surface area (Å²) in [4.78, 5) is 3.25. The van der Waals surface area contributed by atoms with Crippen LogP contribution in [0.25, 0.3) is 0 Å². The summed E-state index contributed by atoms with van der Waals surface area (Å²) in [6.07, 6.45) is 8.98. The molecule has 43 heavy (non-hydrogen) atoms. The molecule has 0 unspecified atom stereocenters. The standard InChI is InChI=1S/C13H22.C11H14.C9H12.C4H9N.C2H5N.C2H6/c1-7-12(6)9-13(11(4)5)8-10(2)3;1-10(2)8-9-11-6-4-3-5-7-11;1-3-9-6-4-8(2)5-7-9;1-4(2)3-5;1-3-2;1-2/h8-10H,4,7H2,1-3,5-6H3;3-7H,1,8-9H2,2H3;4-7H,3H2,1-2H3;1,3,5H2,2H3;1H2,2H3;1-2H3/b12-9+,13-8+;;;;;. The van der Waals surface area contributed by atoms with Crippen LogP contribution in [0.1, 0.15) is 98.8 Å². The van der Waals surface area contributed by atoms with Gasteiger partial charge < -0.3 is 10.7 Å².